The second-order valence-electron chi connectivity index (χ2n) is 5.89. The summed E-state index contributed by atoms with van der Waals surface area (Å²) in [5.74, 6) is 0.598. The van der Waals surface area contributed by atoms with Crippen LogP contribution in [0.2, 0.25) is 0 Å². The Morgan fingerprint density at radius 2 is 1.63 bits per heavy atom. The lowest BCUT2D eigenvalue weighted by atomic mass is 9.90. The summed E-state index contributed by atoms with van der Waals surface area (Å²) in [6.07, 6.45) is 2.20. The summed E-state index contributed by atoms with van der Waals surface area (Å²) in [5.41, 5.74) is 8.91. The van der Waals surface area contributed by atoms with Crippen LogP contribution in [0.5, 0.6) is 0 Å². The van der Waals surface area contributed by atoms with Crippen LogP contribution >= 0.6 is 0 Å². The zero-order valence-corrected chi connectivity index (χ0v) is 13.2. The second-order valence-corrected chi connectivity index (χ2v) is 5.89. The number of hydrogen-bond donors (Lipinski definition) is 1. The minimum atomic E-state index is 0.136. The van der Waals surface area contributed by atoms with E-state index in [1.165, 1.54) is 11.1 Å². The lowest BCUT2D eigenvalue weighted by molar-refractivity contribution is 0.108. The van der Waals surface area contributed by atoms with E-state index < -0.39 is 0 Å². The van der Waals surface area contributed by atoms with E-state index in [0.717, 1.165) is 25.9 Å². The van der Waals surface area contributed by atoms with Gasteiger partial charge in [-0.15, -0.1) is 0 Å². The van der Waals surface area contributed by atoms with Gasteiger partial charge < -0.3 is 5.73 Å². The molecule has 2 heteroatoms. The molecule has 2 N–H and O–H groups in total. The Kier molecular flexibility index (Phi) is 6.02. The fourth-order valence-electron chi connectivity index (χ4n) is 2.68. The van der Waals surface area contributed by atoms with Gasteiger partial charge in [-0.3, -0.25) is 4.90 Å². The third-order valence-corrected chi connectivity index (χ3v) is 4.57. The average molecular weight is 262 g/mol. The van der Waals surface area contributed by atoms with Crippen molar-refractivity contribution in [2.45, 2.75) is 58.5 Å². The molecule has 0 aliphatic heterocycles. The molecule has 0 aromatic heterocycles. The van der Waals surface area contributed by atoms with Gasteiger partial charge in [0.05, 0.1) is 0 Å². The topological polar surface area (TPSA) is 29.3 Å². The van der Waals surface area contributed by atoms with Crippen LogP contribution in [-0.4, -0.2) is 24.0 Å². The summed E-state index contributed by atoms with van der Waals surface area (Å²) in [5, 5.41) is 0. The highest BCUT2D eigenvalue weighted by Gasteiger charge is 2.29. The molecule has 0 aliphatic rings. The summed E-state index contributed by atoms with van der Waals surface area (Å²) in [4.78, 5) is 2.41. The van der Waals surface area contributed by atoms with Crippen LogP contribution < -0.4 is 5.73 Å². The van der Waals surface area contributed by atoms with Gasteiger partial charge in [-0.05, 0) is 36.9 Å². The highest BCUT2D eigenvalue weighted by Crippen LogP contribution is 2.24. The van der Waals surface area contributed by atoms with Crippen LogP contribution in [0.4, 0.5) is 0 Å². The molecule has 0 radical (unpaired) electrons. The summed E-state index contributed by atoms with van der Waals surface area (Å²) < 4.78 is 0. The molecule has 0 bridgehead atoms. The second kappa shape index (κ2) is 7.06. The van der Waals surface area contributed by atoms with E-state index in [2.05, 4.69) is 63.9 Å². The summed E-state index contributed by atoms with van der Waals surface area (Å²) in [7, 11) is 2.19. The predicted molar refractivity (Wildman–Crippen MR) is 84.4 cm³/mol. The third-order valence-electron chi connectivity index (χ3n) is 4.57. The smallest absolute Gasteiger partial charge is 0.0327 e. The maximum atomic E-state index is 6.01. The maximum absolute atomic E-state index is 6.01. The van der Waals surface area contributed by atoms with E-state index in [9.17, 15) is 0 Å². The largest absolute Gasteiger partial charge is 0.329 e. The Bertz CT molecular complexity index is 355. The molecule has 2 nitrogen and oxygen atoms in total. The predicted octanol–water partition coefficient (Wildman–Crippen LogP) is 3.76. The van der Waals surface area contributed by atoms with Crippen molar-refractivity contribution in [3.63, 3.8) is 0 Å². The van der Waals surface area contributed by atoms with Crippen molar-refractivity contribution in [2.24, 2.45) is 5.73 Å². The van der Waals surface area contributed by atoms with Gasteiger partial charge in [0.25, 0.3) is 0 Å². The van der Waals surface area contributed by atoms with Gasteiger partial charge in [0.15, 0.2) is 0 Å². The number of likely N-dealkylation sites (N-methyl/N-ethyl adjacent to an activating group) is 1. The van der Waals surface area contributed by atoms with Gasteiger partial charge in [0.1, 0.15) is 0 Å². The van der Waals surface area contributed by atoms with Crippen LogP contribution in [0, 0.1) is 0 Å². The van der Waals surface area contributed by atoms with E-state index in [1.807, 2.05) is 0 Å². The first-order valence-corrected chi connectivity index (χ1v) is 7.49. The molecule has 0 heterocycles. The Balaban J connectivity index is 2.78. The maximum Gasteiger partial charge on any atom is 0.0327 e. The minimum absolute atomic E-state index is 0.136. The molecule has 0 amide bonds. The van der Waals surface area contributed by atoms with E-state index in [4.69, 9.17) is 5.73 Å². The lowest BCUT2D eigenvalue weighted by Gasteiger charge is -2.40. The van der Waals surface area contributed by atoms with E-state index >= 15 is 0 Å². The average Bonchev–Trinajstić information content (AvgIpc) is 2.42. The van der Waals surface area contributed by atoms with Crippen molar-refractivity contribution >= 4 is 0 Å². The fraction of sp³-hybridized carbons (Fsp3) is 0.647. The van der Waals surface area contributed by atoms with Gasteiger partial charge in [-0.1, -0.05) is 52.0 Å². The molecule has 0 aliphatic carbocycles. The Morgan fingerprint density at radius 3 is 2.00 bits per heavy atom. The zero-order valence-electron chi connectivity index (χ0n) is 13.2. The molecule has 108 valence electrons. The Hall–Kier alpha value is -0.860. The van der Waals surface area contributed by atoms with Gasteiger partial charge in [-0.2, -0.15) is 0 Å². The summed E-state index contributed by atoms with van der Waals surface area (Å²) >= 11 is 0. The molecular weight excluding hydrogens is 232 g/mol. The van der Waals surface area contributed by atoms with Gasteiger partial charge in [0, 0.05) is 18.6 Å². The summed E-state index contributed by atoms with van der Waals surface area (Å²) in [6.45, 7) is 10.6. The zero-order chi connectivity index (χ0) is 14.5. The van der Waals surface area contributed by atoms with Crippen molar-refractivity contribution in [1.29, 1.82) is 0 Å². The number of hydrogen-bond acceptors (Lipinski definition) is 2. The Labute approximate surface area is 119 Å². The van der Waals surface area contributed by atoms with Crippen molar-refractivity contribution in [3.8, 4) is 0 Å². The van der Waals surface area contributed by atoms with Crippen LogP contribution in [0.1, 0.15) is 57.6 Å². The summed E-state index contributed by atoms with van der Waals surface area (Å²) in [6, 6.07) is 8.99. The number of nitrogens with two attached hydrogens (primary N) is 1. The molecule has 1 aromatic rings. The van der Waals surface area contributed by atoms with Crippen LogP contribution in [-0.2, 0) is 6.54 Å². The highest BCUT2D eigenvalue weighted by molar-refractivity contribution is 5.24. The first kappa shape index (κ1) is 16.2. The van der Waals surface area contributed by atoms with Crippen molar-refractivity contribution in [1.82, 2.24) is 4.90 Å². The van der Waals surface area contributed by atoms with Crippen molar-refractivity contribution < 1.29 is 0 Å². The number of benzene rings is 1. The molecule has 19 heavy (non-hydrogen) atoms. The third kappa shape index (κ3) is 3.80. The van der Waals surface area contributed by atoms with Gasteiger partial charge in [0.2, 0.25) is 0 Å². The first-order valence-electron chi connectivity index (χ1n) is 7.49. The molecule has 0 unspecified atom stereocenters. The molecule has 1 aromatic carbocycles. The minimum Gasteiger partial charge on any atom is -0.329 e. The lowest BCUT2D eigenvalue weighted by Crippen LogP contribution is -2.50. The normalized spacial score (nSPS) is 12.4. The SMILES string of the molecule is CCC(CC)(CN)N(C)Cc1ccc(C(C)C)cc1. The van der Waals surface area contributed by atoms with Crippen LogP contribution in [0.25, 0.3) is 0 Å². The molecule has 0 atom stereocenters. The highest BCUT2D eigenvalue weighted by atomic mass is 15.2. The Morgan fingerprint density at radius 1 is 1.11 bits per heavy atom. The number of rotatable bonds is 7. The fourth-order valence-corrected chi connectivity index (χ4v) is 2.68. The van der Waals surface area contributed by atoms with Crippen molar-refractivity contribution in [2.75, 3.05) is 13.6 Å². The molecule has 0 saturated carbocycles. The first-order chi connectivity index (χ1) is 8.99. The molecule has 0 spiro atoms. The molecular formula is C17H30N2. The molecule has 0 fully saturated rings. The van der Waals surface area contributed by atoms with E-state index in [0.29, 0.717) is 5.92 Å². The molecule has 0 saturated heterocycles. The van der Waals surface area contributed by atoms with Gasteiger partial charge >= 0.3 is 0 Å². The molecule has 1 rings (SSSR count). The van der Waals surface area contributed by atoms with Crippen LogP contribution in [0.3, 0.4) is 0 Å². The van der Waals surface area contributed by atoms with Crippen LogP contribution in [0.15, 0.2) is 24.3 Å². The monoisotopic (exact) mass is 262 g/mol. The van der Waals surface area contributed by atoms with Gasteiger partial charge in [-0.25, -0.2) is 0 Å². The standard InChI is InChI=1S/C17H30N2/c1-6-17(7-2,13-18)19(5)12-15-8-10-16(11-9-15)14(3)4/h8-11,14H,6-7,12-13,18H2,1-5H3. The van der Waals surface area contributed by atoms with E-state index in [-0.39, 0.29) is 5.54 Å². The quantitative estimate of drug-likeness (QED) is 0.810. The van der Waals surface area contributed by atoms with E-state index in [1.54, 1.807) is 0 Å². The number of nitrogens with zero attached hydrogens (tertiary/aromatic N) is 1. The van der Waals surface area contributed by atoms with Crippen molar-refractivity contribution in [3.05, 3.63) is 35.4 Å².